The molecule has 1 N–H and O–H groups in total. The van der Waals surface area contributed by atoms with E-state index in [-0.39, 0.29) is 5.91 Å². The minimum atomic E-state index is -0.140. The highest BCUT2D eigenvalue weighted by atomic mass is 32.1. The van der Waals surface area contributed by atoms with Gasteiger partial charge in [-0.25, -0.2) is 15.0 Å². The molecule has 3 heterocycles. The number of aryl methyl sites for hydroxylation is 1. The molecule has 0 spiro atoms. The van der Waals surface area contributed by atoms with Crippen molar-refractivity contribution in [1.29, 1.82) is 0 Å². The summed E-state index contributed by atoms with van der Waals surface area (Å²) in [6.07, 6.45) is 5.14. The maximum Gasteiger partial charge on any atom is 0.223 e. The van der Waals surface area contributed by atoms with Crippen LogP contribution in [-0.2, 0) is 4.79 Å². The highest BCUT2D eigenvalue weighted by molar-refractivity contribution is 7.19. The van der Waals surface area contributed by atoms with Crippen LogP contribution in [0.3, 0.4) is 0 Å². The molecular weight excluding hydrogens is 298 g/mol. The fourth-order valence-electron chi connectivity index (χ4n) is 1.96. The molecule has 0 unspecified atom stereocenters. The number of thiazole rings is 1. The lowest BCUT2D eigenvalue weighted by molar-refractivity contribution is -0.114. The minimum absolute atomic E-state index is 0.140. The average Bonchev–Trinajstić information content (AvgIpc) is 2.88. The fraction of sp³-hybridized carbons (Fsp3) is 0.133. The van der Waals surface area contributed by atoms with E-state index in [1.165, 1.54) is 18.3 Å². The summed E-state index contributed by atoms with van der Waals surface area (Å²) in [5, 5.41) is 3.27. The average molecular weight is 311 g/mol. The number of hydrogen-bond acceptors (Lipinski definition) is 6. The molecule has 0 aliphatic carbocycles. The Morgan fingerprint density at radius 3 is 2.82 bits per heavy atom. The molecule has 1 amide bonds. The molecule has 0 aliphatic heterocycles. The highest BCUT2D eigenvalue weighted by Crippen LogP contribution is 2.32. The van der Waals surface area contributed by atoms with E-state index in [9.17, 15) is 4.79 Å². The lowest BCUT2D eigenvalue weighted by Crippen LogP contribution is -2.04. The molecule has 0 aromatic carbocycles. The van der Waals surface area contributed by atoms with Gasteiger partial charge >= 0.3 is 0 Å². The van der Waals surface area contributed by atoms with Crippen molar-refractivity contribution in [3.05, 3.63) is 42.5 Å². The summed E-state index contributed by atoms with van der Waals surface area (Å²) in [7, 11) is 0. The normalized spacial score (nSPS) is 10.5. The first-order chi connectivity index (χ1) is 10.6. The van der Waals surface area contributed by atoms with Crippen LogP contribution in [0.1, 0.15) is 12.6 Å². The molecule has 0 fully saturated rings. The van der Waals surface area contributed by atoms with Gasteiger partial charge in [-0.2, -0.15) is 0 Å². The summed E-state index contributed by atoms with van der Waals surface area (Å²) < 4.78 is 0. The van der Waals surface area contributed by atoms with Gasteiger partial charge in [0.2, 0.25) is 5.91 Å². The molecule has 7 heteroatoms. The first kappa shape index (κ1) is 14.3. The summed E-state index contributed by atoms with van der Waals surface area (Å²) in [5.74, 6) is 0.471. The Hall–Kier alpha value is -2.67. The number of carbonyl (C=O) groups excluding carboxylic acids is 1. The number of hydrogen-bond donors (Lipinski definition) is 1. The molecule has 3 aromatic heterocycles. The van der Waals surface area contributed by atoms with Crippen LogP contribution in [-0.4, -0.2) is 25.8 Å². The van der Waals surface area contributed by atoms with Gasteiger partial charge in [-0.3, -0.25) is 9.78 Å². The number of rotatable bonds is 3. The van der Waals surface area contributed by atoms with Crippen molar-refractivity contribution in [2.45, 2.75) is 13.8 Å². The van der Waals surface area contributed by atoms with E-state index < -0.39 is 0 Å². The SMILES string of the molecule is CC(=O)Nc1nc(C)c(-c2ccnc(-c3cccnc3)n2)s1. The largest absolute Gasteiger partial charge is 0.302 e. The second-order valence-corrected chi connectivity index (χ2v) is 5.62. The standard InChI is InChI=1S/C15H13N5OS/c1-9-13(22-15(18-9)19-10(2)21)12-5-7-17-14(20-12)11-4-3-6-16-8-11/h3-8H,1-2H3,(H,18,19,21). The molecular formula is C15H13N5OS. The van der Waals surface area contributed by atoms with Crippen LogP contribution in [0.4, 0.5) is 5.13 Å². The Kier molecular flexibility index (Phi) is 3.88. The van der Waals surface area contributed by atoms with Crippen LogP contribution in [0.15, 0.2) is 36.8 Å². The van der Waals surface area contributed by atoms with Crippen LogP contribution in [0, 0.1) is 6.92 Å². The molecule has 22 heavy (non-hydrogen) atoms. The van der Waals surface area contributed by atoms with Crippen molar-refractivity contribution in [3.63, 3.8) is 0 Å². The first-order valence-corrected chi connectivity index (χ1v) is 7.44. The Morgan fingerprint density at radius 2 is 2.09 bits per heavy atom. The molecule has 3 aromatic rings. The van der Waals surface area contributed by atoms with Crippen LogP contribution in [0.2, 0.25) is 0 Å². The monoisotopic (exact) mass is 311 g/mol. The molecule has 0 bridgehead atoms. The lowest BCUT2D eigenvalue weighted by Gasteiger charge is -2.02. The zero-order valence-electron chi connectivity index (χ0n) is 12.1. The molecule has 0 radical (unpaired) electrons. The van der Waals surface area contributed by atoms with Crippen LogP contribution >= 0.6 is 11.3 Å². The number of anilines is 1. The highest BCUT2D eigenvalue weighted by Gasteiger charge is 2.13. The minimum Gasteiger partial charge on any atom is -0.302 e. The van der Waals surface area contributed by atoms with Crippen molar-refractivity contribution in [2.24, 2.45) is 0 Å². The summed E-state index contributed by atoms with van der Waals surface area (Å²) in [5.41, 5.74) is 2.46. The summed E-state index contributed by atoms with van der Waals surface area (Å²) >= 11 is 1.40. The predicted octanol–water partition coefficient (Wildman–Crippen LogP) is 2.93. The predicted molar refractivity (Wildman–Crippen MR) is 85.4 cm³/mol. The van der Waals surface area contributed by atoms with Gasteiger partial charge in [-0.15, -0.1) is 0 Å². The van der Waals surface area contributed by atoms with E-state index in [0.29, 0.717) is 11.0 Å². The van der Waals surface area contributed by atoms with Crippen molar-refractivity contribution in [2.75, 3.05) is 5.32 Å². The van der Waals surface area contributed by atoms with Gasteiger partial charge in [-0.05, 0) is 25.1 Å². The lowest BCUT2D eigenvalue weighted by atomic mass is 10.2. The van der Waals surface area contributed by atoms with Crippen LogP contribution in [0.5, 0.6) is 0 Å². The number of pyridine rings is 1. The molecule has 0 saturated carbocycles. The molecule has 0 aliphatic rings. The van der Waals surface area contributed by atoms with E-state index in [4.69, 9.17) is 0 Å². The van der Waals surface area contributed by atoms with Crippen molar-refractivity contribution in [3.8, 4) is 22.0 Å². The summed E-state index contributed by atoms with van der Waals surface area (Å²) in [6, 6.07) is 5.59. The third kappa shape index (κ3) is 2.99. The smallest absolute Gasteiger partial charge is 0.223 e. The number of nitrogens with zero attached hydrogens (tertiary/aromatic N) is 4. The topological polar surface area (TPSA) is 80.7 Å². The van der Waals surface area contributed by atoms with Crippen molar-refractivity contribution < 1.29 is 4.79 Å². The number of carbonyl (C=O) groups is 1. The first-order valence-electron chi connectivity index (χ1n) is 6.62. The number of nitrogens with one attached hydrogen (secondary N) is 1. The van der Waals surface area contributed by atoms with E-state index >= 15 is 0 Å². The van der Waals surface area contributed by atoms with Gasteiger partial charge < -0.3 is 5.32 Å². The van der Waals surface area contributed by atoms with Gasteiger partial charge in [0.1, 0.15) is 0 Å². The molecule has 3 rings (SSSR count). The van der Waals surface area contributed by atoms with Crippen LogP contribution < -0.4 is 5.32 Å². The van der Waals surface area contributed by atoms with Crippen molar-refractivity contribution in [1.82, 2.24) is 19.9 Å². The fourth-order valence-corrected chi connectivity index (χ4v) is 2.94. The van der Waals surface area contributed by atoms with E-state index in [1.54, 1.807) is 18.6 Å². The maximum absolute atomic E-state index is 11.1. The Morgan fingerprint density at radius 1 is 1.23 bits per heavy atom. The maximum atomic E-state index is 11.1. The molecule has 0 saturated heterocycles. The quantitative estimate of drug-likeness (QED) is 0.804. The Bertz CT molecular complexity index is 816. The zero-order chi connectivity index (χ0) is 15.5. The molecule has 0 atom stereocenters. The second kappa shape index (κ2) is 5.98. The molecule has 6 nitrogen and oxygen atoms in total. The Labute approximate surface area is 131 Å². The van der Waals surface area contributed by atoms with E-state index in [1.807, 2.05) is 25.1 Å². The van der Waals surface area contributed by atoms with E-state index in [2.05, 4.69) is 25.3 Å². The van der Waals surface area contributed by atoms with Crippen LogP contribution in [0.25, 0.3) is 22.0 Å². The third-order valence-corrected chi connectivity index (χ3v) is 3.98. The number of aromatic nitrogens is 4. The molecule has 110 valence electrons. The number of amides is 1. The third-order valence-electron chi connectivity index (χ3n) is 2.89. The van der Waals surface area contributed by atoms with Gasteiger partial charge in [0.25, 0.3) is 0 Å². The van der Waals surface area contributed by atoms with E-state index in [0.717, 1.165) is 21.8 Å². The summed E-state index contributed by atoms with van der Waals surface area (Å²) in [4.78, 5) is 29.3. The van der Waals surface area contributed by atoms with Gasteiger partial charge in [0.15, 0.2) is 11.0 Å². The second-order valence-electron chi connectivity index (χ2n) is 4.62. The summed E-state index contributed by atoms with van der Waals surface area (Å²) in [6.45, 7) is 3.35. The Balaban J connectivity index is 1.99. The van der Waals surface area contributed by atoms with Gasteiger partial charge in [0.05, 0.1) is 16.3 Å². The van der Waals surface area contributed by atoms with Crippen molar-refractivity contribution >= 4 is 22.4 Å². The van der Waals surface area contributed by atoms with Gasteiger partial charge in [-0.1, -0.05) is 11.3 Å². The van der Waals surface area contributed by atoms with Gasteiger partial charge in [0, 0.05) is 31.1 Å². The zero-order valence-corrected chi connectivity index (χ0v) is 12.9.